The molecule has 0 aromatic carbocycles. The zero-order valence-corrected chi connectivity index (χ0v) is 13.3. The van der Waals surface area contributed by atoms with Gasteiger partial charge in [-0.2, -0.15) is 5.10 Å². The van der Waals surface area contributed by atoms with Crippen molar-refractivity contribution in [2.75, 3.05) is 40.4 Å². The SMILES string of the molecule is CN=C(NCC(C)Cn1cccn1)N(C)CC1CCOC1. The van der Waals surface area contributed by atoms with Gasteiger partial charge in [-0.15, -0.1) is 0 Å². The molecule has 1 aliphatic rings. The highest BCUT2D eigenvalue weighted by molar-refractivity contribution is 5.79. The third-order valence-electron chi connectivity index (χ3n) is 3.80. The van der Waals surface area contributed by atoms with Gasteiger partial charge in [0.2, 0.25) is 0 Å². The molecule has 2 heterocycles. The summed E-state index contributed by atoms with van der Waals surface area (Å²) < 4.78 is 7.40. The minimum absolute atomic E-state index is 0.491. The van der Waals surface area contributed by atoms with Gasteiger partial charge in [0, 0.05) is 58.6 Å². The molecule has 1 aliphatic heterocycles. The van der Waals surface area contributed by atoms with E-state index in [1.54, 1.807) is 0 Å². The second-order valence-corrected chi connectivity index (χ2v) is 5.87. The van der Waals surface area contributed by atoms with Gasteiger partial charge in [0.1, 0.15) is 0 Å². The highest BCUT2D eigenvalue weighted by atomic mass is 16.5. The maximum Gasteiger partial charge on any atom is 0.193 e. The highest BCUT2D eigenvalue weighted by Crippen LogP contribution is 2.13. The lowest BCUT2D eigenvalue weighted by molar-refractivity contribution is 0.181. The first-order chi connectivity index (χ1) is 10.2. The predicted molar refractivity (Wildman–Crippen MR) is 84.3 cm³/mol. The Kier molecular flexibility index (Phi) is 6.04. The van der Waals surface area contributed by atoms with Gasteiger partial charge in [-0.25, -0.2) is 0 Å². The maximum absolute atomic E-state index is 5.43. The molecule has 0 bridgehead atoms. The van der Waals surface area contributed by atoms with Crippen LogP contribution in [0.5, 0.6) is 0 Å². The first kappa shape index (κ1) is 15.8. The van der Waals surface area contributed by atoms with Crippen LogP contribution in [0.4, 0.5) is 0 Å². The number of nitrogens with one attached hydrogen (secondary N) is 1. The third kappa shape index (κ3) is 5.04. The molecule has 1 fully saturated rings. The van der Waals surface area contributed by atoms with Crippen molar-refractivity contribution >= 4 is 5.96 Å². The molecular formula is C15H27N5O. The minimum atomic E-state index is 0.491. The Bertz CT molecular complexity index is 425. The van der Waals surface area contributed by atoms with E-state index in [4.69, 9.17) is 4.74 Å². The summed E-state index contributed by atoms with van der Waals surface area (Å²) in [5, 5.41) is 7.69. The van der Waals surface area contributed by atoms with E-state index in [1.165, 1.54) is 0 Å². The lowest BCUT2D eigenvalue weighted by atomic mass is 10.1. The molecule has 1 aromatic rings. The van der Waals surface area contributed by atoms with E-state index in [0.717, 1.165) is 45.2 Å². The molecule has 0 amide bonds. The zero-order valence-electron chi connectivity index (χ0n) is 13.3. The van der Waals surface area contributed by atoms with Crippen LogP contribution < -0.4 is 5.32 Å². The summed E-state index contributed by atoms with van der Waals surface area (Å²) in [7, 11) is 3.92. The lowest BCUT2D eigenvalue weighted by Gasteiger charge is -2.25. The van der Waals surface area contributed by atoms with E-state index in [1.807, 2.05) is 30.2 Å². The molecule has 21 heavy (non-hydrogen) atoms. The van der Waals surface area contributed by atoms with Crippen LogP contribution in [-0.2, 0) is 11.3 Å². The van der Waals surface area contributed by atoms with Gasteiger partial charge < -0.3 is 15.0 Å². The van der Waals surface area contributed by atoms with E-state index in [-0.39, 0.29) is 0 Å². The van der Waals surface area contributed by atoms with Crippen molar-refractivity contribution in [3.63, 3.8) is 0 Å². The normalized spacial score (nSPS) is 20.5. The Morgan fingerprint density at radius 3 is 3.10 bits per heavy atom. The number of aromatic nitrogens is 2. The number of rotatable bonds is 6. The number of nitrogens with zero attached hydrogens (tertiary/aromatic N) is 4. The molecule has 1 N–H and O–H groups in total. The van der Waals surface area contributed by atoms with Crippen molar-refractivity contribution in [1.29, 1.82) is 0 Å². The molecule has 1 aromatic heterocycles. The van der Waals surface area contributed by atoms with Crippen molar-refractivity contribution in [3.05, 3.63) is 18.5 Å². The van der Waals surface area contributed by atoms with Gasteiger partial charge >= 0.3 is 0 Å². The molecule has 0 radical (unpaired) electrons. The fourth-order valence-corrected chi connectivity index (χ4v) is 2.64. The second-order valence-electron chi connectivity index (χ2n) is 5.87. The molecule has 6 heteroatoms. The summed E-state index contributed by atoms with van der Waals surface area (Å²) in [6.45, 7) is 6.78. The van der Waals surface area contributed by atoms with Crippen LogP contribution in [0.1, 0.15) is 13.3 Å². The van der Waals surface area contributed by atoms with Crippen LogP contribution in [0.15, 0.2) is 23.5 Å². The summed E-state index contributed by atoms with van der Waals surface area (Å²) in [5.41, 5.74) is 0. The number of guanidine groups is 1. The van der Waals surface area contributed by atoms with Crippen LogP contribution in [0.3, 0.4) is 0 Å². The first-order valence-electron chi connectivity index (χ1n) is 7.66. The largest absolute Gasteiger partial charge is 0.381 e. The number of aliphatic imine (C=N–C) groups is 1. The Balaban J connectivity index is 1.73. The van der Waals surface area contributed by atoms with Crippen LogP contribution in [0.25, 0.3) is 0 Å². The third-order valence-corrected chi connectivity index (χ3v) is 3.80. The fraction of sp³-hybridized carbons (Fsp3) is 0.733. The van der Waals surface area contributed by atoms with Crippen LogP contribution in [0.2, 0.25) is 0 Å². The monoisotopic (exact) mass is 293 g/mol. The van der Waals surface area contributed by atoms with Crippen molar-refractivity contribution < 1.29 is 4.74 Å². The van der Waals surface area contributed by atoms with Crippen molar-refractivity contribution in [3.8, 4) is 0 Å². The van der Waals surface area contributed by atoms with Crippen LogP contribution in [0, 0.1) is 11.8 Å². The minimum Gasteiger partial charge on any atom is -0.381 e. The van der Waals surface area contributed by atoms with E-state index >= 15 is 0 Å². The van der Waals surface area contributed by atoms with E-state index < -0.39 is 0 Å². The summed E-state index contributed by atoms with van der Waals surface area (Å²) in [6, 6.07) is 1.95. The van der Waals surface area contributed by atoms with Gasteiger partial charge in [0.15, 0.2) is 5.96 Å². The maximum atomic E-state index is 5.43. The molecule has 2 atom stereocenters. The predicted octanol–water partition coefficient (Wildman–Crippen LogP) is 1.06. The first-order valence-corrected chi connectivity index (χ1v) is 7.66. The Labute approximate surface area is 127 Å². The van der Waals surface area contributed by atoms with E-state index in [0.29, 0.717) is 11.8 Å². The average Bonchev–Trinajstić information content (AvgIpc) is 3.13. The highest BCUT2D eigenvalue weighted by Gasteiger charge is 2.19. The van der Waals surface area contributed by atoms with Gasteiger partial charge in [-0.05, 0) is 18.4 Å². The number of hydrogen-bond donors (Lipinski definition) is 1. The molecule has 0 saturated carbocycles. The topological polar surface area (TPSA) is 54.7 Å². The van der Waals surface area contributed by atoms with Crippen molar-refractivity contribution in [2.45, 2.75) is 19.9 Å². The Morgan fingerprint density at radius 1 is 1.62 bits per heavy atom. The molecule has 0 spiro atoms. The molecule has 118 valence electrons. The molecule has 2 rings (SSSR count). The zero-order chi connectivity index (χ0) is 15.1. The van der Waals surface area contributed by atoms with Gasteiger partial charge in [-0.1, -0.05) is 6.92 Å². The second kappa shape index (κ2) is 8.02. The van der Waals surface area contributed by atoms with E-state index in [2.05, 4.69) is 34.3 Å². The van der Waals surface area contributed by atoms with Gasteiger partial charge in [-0.3, -0.25) is 9.67 Å². The summed E-state index contributed by atoms with van der Waals surface area (Å²) >= 11 is 0. The molecule has 0 aliphatic carbocycles. The smallest absolute Gasteiger partial charge is 0.193 e. The summed E-state index contributed by atoms with van der Waals surface area (Å²) in [4.78, 5) is 6.56. The Morgan fingerprint density at radius 2 is 2.48 bits per heavy atom. The number of ether oxygens (including phenoxy) is 1. The summed E-state index contributed by atoms with van der Waals surface area (Å²) in [6.07, 6.45) is 4.96. The molecule has 1 saturated heterocycles. The lowest BCUT2D eigenvalue weighted by Crippen LogP contribution is -2.43. The number of hydrogen-bond acceptors (Lipinski definition) is 3. The van der Waals surface area contributed by atoms with Crippen molar-refractivity contribution in [1.82, 2.24) is 20.0 Å². The molecule has 6 nitrogen and oxygen atoms in total. The van der Waals surface area contributed by atoms with Gasteiger partial charge in [0.25, 0.3) is 0 Å². The average molecular weight is 293 g/mol. The standard InChI is InChI=1S/C15H27N5O/c1-13(10-20-7-4-6-18-20)9-17-15(16-2)19(3)11-14-5-8-21-12-14/h4,6-7,13-14H,5,8-12H2,1-3H3,(H,16,17). The van der Waals surface area contributed by atoms with Crippen LogP contribution >= 0.6 is 0 Å². The Hall–Kier alpha value is -1.56. The van der Waals surface area contributed by atoms with Crippen molar-refractivity contribution in [2.24, 2.45) is 16.8 Å². The molecular weight excluding hydrogens is 266 g/mol. The fourth-order valence-electron chi connectivity index (χ4n) is 2.64. The molecule has 2 unspecified atom stereocenters. The quantitative estimate of drug-likeness (QED) is 0.629. The van der Waals surface area contributed by atoms with E-state index in [9.17, 15) is 0 Å². The van der Waals surface area contributed by atoms with Crippen LogP contribution in [-0.4, -0.2) is 61.0 Å². The van der Waals surface area contributed by atoms with Gasteiger partial charge in [0.05, 0.1) is 6.61 Å². The summed E-state index contributed by atoms with van der Waals surface area (Å²) in [5.74, 6) is 2.06.